The predicted molar refractivity (Wildman–Crippen MR) is 164 cm³/mol. The number of hydrogen-bond acceptors (Lipinski definition) is 3. The zero-order chi connectivity index (χ0) is 32.3. The first-order valence-corrected chi connectivity index (χ1v) is 18.1. The Hall–Kier alpha value is -2.10. The molecule has 1 heterocycles. The Morgan fingerprint density at radius 2 is 1.63 bits per heavy atom. The van der Waals surface area contributed by atoms with Crippen molar-refractivity contribution in [1.82, 2.24) is 4.98 Å². The normalized spacial score (nSPS) is 20.3. The lowest BCUT2D eigenvalue weighted by atomic mass is 9.71. The summed E-state index contributed by atoms with van der Waals surface area (Å²) in [6.45, 7) is 19.5. The van der Waals surface area contributed by atoms with Gasteiger partial charge >= 0.3 is 12.1 Å². The van der Waals surface area contributed by atoms with Crippen LogP contribution in [0.4, 0.5) is 22.0 Å². The summed E-state index contributed by atoms with van der Waals surface area (Å²) in [7, 11) is -2.24. The van der Waals surface area contributed by atoms with Crippen molar-refractivity contribution in [3.63, 3.8) is 0 Å². The van der Waals surface area contributed by atoms with Gasteiger partial charge in [0.05, 0.1) is 0 Å². The highest BCUT2D eigenvalue weighted by Crippen LogP contribution is 2.52. The molecule has 239 valence electrons. The maximum absolute atomic E-state index is 14.1. The maximum atomic E-state index is 14.1. The topological polar surface area (TPSA) is 42.4 Å². The summed E-state index contributed by atoms with van der Waals surface area (Å²) < 4.78 is 74.3. The molecular formula is C34H46F5NO2Si-. The van der Waals surface area contributed by atoms with Gasteiger partial charge in [0.1, 0.15) is 6.10 Å². The van der Waals surface area contributed by atoms with Gasteiger partial charge in [0, 0.05) is 34.2 Å². The molecule has 0 radical (unpaired) electrons. The van der Waals surface area contributed by atoms with Gasteiger partial charge in [0.2, 0.25) is 0 Å². The Bertz CT molecular complexity index is 1370. The van der Waals surface area contributed by atoms with Crippen molar-refractivity contribution in [2.45, 2.75) is 129 Å². The quantitative estimate of drug-likeness (QED) is 0.246. The first-order valence-electron chi connectivity index (χ1n) is 15.2. The van der Waals surface area contributed by atoms with Crippen LogP contribution in [0.25, 0.3) is 5.57 Å². The minimum atomic E-state index is -5.71. The molecule has 1 aromatic carbocycles. The van der Waals surface area contributed by atoms with Gasteiger partial charge in [-0.2, -0.15) is 22.0 Å². The minimum Gasteiger partial charge on any atom is -0.559 e. The summed E-state index contributed by atoms with van der Waals surface area (Å²) in [6, 6.07) is 3.85. The fourth-order valence-corrected chi connectivity index (χ4v) is 7.36. The number of hydrogen-bond donors (Lipinski definition) is 1. The van der Waals surface area contributed by atoms with Gasteiger partial charge in [-0.1, -0.05) is 78.8 Å². The van der Waals surface area contributed by atoms with E-state index in [4.69, 9.17) is 9.41 Å². The number of aliphatic hydroxyl groups is 1. The van der Waals surface area contributed by atoms with Crippen LogP contribution in [0.1, 0.15) is 131 Å². The summed E-state index contributed by atoms with van der Waals surface area (Å²) in [4.78, 5) is 5.20. The highest BCUT2D eigenvalue weighted by Gasteiger charge is 2.58. The average molecular weight is 624 g/mol. The molecule has 2 aliphatic rings. The number of pyridine rings is 1. The van der Waals surface area contributed by atoms with Crippen LogP contribution in [0.15, 0.2) is 30.3 Å². The molecule has 0 unspecified atom stereocenters. The summed E-state index contributed by atoms with van der Waals surface area (Å²) >= 11 is 0. The van der Waals surface area contributed by atoms with E-state index in [2.05, 4.69) is 53.8 Å². The van der Waals surface area contributed by atoms with Crippen LogP contribution in [0.5, 0.6) is 0 Å². The number of nitrogens with zero attached hydrogens (tertiary/aromatic N) is 1. The molecule has 4 rings (SSSR count). The molecule has 0 bridgehead atoms. The van der Waals surface area contributed by atoms with E-state index in [1.54, 1.807) is 0 Å². The number of halogens is 5. The van der Waals surface area contributed by atoms with Crippen LogP contribution in [0, 0.1) is 5.41 Å². The number of rotatable bonds is 7. The standard InChI is InChI=1S/C34H46F5NO2Si/c1-20(2)29-28(30(41)22-14-16-23(17-15-22)33(35,36)34(37,38)39)26(21-12-10-11-13-21)27-24(40-29)18-32(6,7)19-25(27)42-43(8,9)31(3,4)5/h12,14-17,20,25,30,41H,10-11,13,18-19H2,1-9H3/q-1/t25-,30+/m0/s1. The molecule has 2 aliphatic carbocycles. The first-order chi connectivity index (χ1) is 19.6. The van der Waals surface area contributed by atoms with E-state index in [9.17, 15) is 27.1 Å². The molecule has 1 N–H and O–H groups in total. The predicted octanol–water partition coefficient (Wildman–Crippen LogP) is 10.5. The summed E-state index contributed by atoms with van der Waals surface area (Å²) in [5.41, 5.74) is 4.31. The van der Waals surface area contributed by atoms with Gasteiger partial charge in [0.15, 0.2) is 0 Å². The second-order valence-electron chi connectivity index (χ2n) is 14.9. The van der Waals surface area contributed by atoms with Crippen LogP contribution >= 0.6 is 0 Å². The van der Waals surface area contributed by atoms with Gasteiger partial charge in [-0.3, -0.25) is 4.98 Å². The van der Waals surface area contributed by atoms with Gasteiger partial charge in [-0.25, -0.2) is 0 Å². The molecule has 0 saturated carbocycles. The first kappa shape index (κ1) is 33.8. The molecular weight excluding hydrogens is 577 g/mol. The Labute approximate surface area is 254 Å². The largest absolute Gasteiger partial charge is 0.559 e. The number of alkyl halides is 5. The fraction of sp³-hybridized carbons (Fsp3) is 0.618. The zero-order valence-electron chi connectivity index (χ0n) is 26.8. The zero-order valence-corrected chi connectivity index (χ0v) is 27.8. The van der Waals surface area contributed by atoms with E-state index in [0.29, 0.717) is 11.3 Å². The van der Waals surface area contributed by atoms with Crippen LogP contribution < -0.4 is 0 Å². The molecule has 0 spiro atoms. The smallest absolute Gasteiger partial charge is 0.458 e. The van der Waals surface area contributed by atoms with E-state index < -0.39 is 32.1 Å². The summed E-state index contributed by atoms with van der Waals surface area (Å²) in [6.07, 6.45) is -0.808. The Morgan fingerprint density at radius 3 is 2.12 bits per heavy atom. The molecule has 0 amide bonds. The number of allylic oxidation sites excluding steroid dienone is 2. The second-order valence-corrected chi connectivity index (χ2v) is 19.7. The van der Waals surface area contributed by atoms with E-state index in [1.807, 2.05) is 13.8 Å². The molecule has 0 saturated heterocycles. The summed E-state index contributed by atoms with van der Waals surface area (Å²) in [5.74, 6) is -5.07. The number of aromatic nitrogens is 1. The SMILES string of the molecule is CC(C)c1nc2c(c(C3=CCCC3)c1[C@H](O)c1ccc(C(F)(F)C(F)(F)F)cc1)[C@@H](O[Si-](C)(C)C(C)(C)C)CC(C)(C)C2. The molecule has 0 aliphatic heterocycles. The molecule has 2 aromatic rings. The van der Waals surface area contributed by atoms with E-state index in [1.165, 1.54) is 12.1 Å². The van der Waals surface area contributed by atoms with Crippen LogP contribution in [0.3, 0.4) is 0 Å². The van der Waals surface area contributed by atoms with Crippen molar-refractivity contribution in [3.8, 4) is 0 Å². The number of aliphatic hydroxyl groups excluding tert-OH is 1. The van der Waals surface area contributed by atoms with Crippen molar-refractivity contribution < 1.29 is 31.5 Å². The van der Waals surface area contributed by atoms with Crippen molar-refractivity contribution >= 4 is 13.9 Å². The molecule has 43 heavy (non-hydrogen) atoms. The van der Waals surface area contributed by atoms with E-state index >= 15 is 0 Å². The third-order valence-electron chi connectivity index (χ3n) is 9.46. The van der Waals surface area contributed by atoms with Gasteiger partial charge in [0.25, 0.3) is 0 Å². The van der Waals surface area contributed by atoms with E-state index in [0.717, 1.165) is 66.6 Å². The molecule has 0 fully saturated rings. The van der Waals surface area contributed by atoms with Crippen LogP contribution in [-0.2, 0) is 16.8 Å². The second kappa shape index (κ2) is 11.4. The van der Waals surface area contributed by atoms with E-state index in [-0.39, 0.29) is 28.0 Å². The highest BCUT2D eigenvalue weighted by atomic mass is 28.4. The third kappa shape index (κ3) is 6.50. The van der Waals surface area contributed by atoms with Crippen molar-refractivity contribution in [2.24, 2.45) is 5.41 Å². The number of benzene rings is 1. The monoisotopic (exact) mass is 623 g/mol. The molecule has 2 atom stereocenters. The highest BCUT2D eigenvalue weighted by molar-refractivity contribution is 6.74. The average Bonchev–Trinajstić information content (AvgIpc) is 3.39. The summed E-state index contributed by atoms with van der Waals surface area (Å²) in [5, 5.41) is 11.9. The van der Waals surface area contributed by atoms with Crippen LogP contribution in [-0.4, -0.2) is 24.6 Å². The van der Waals surface area contributed by atoms with Gasteiger partial charge in [-0.15, -0.1) is 18.1 Å². The Morgan fingerprint density at radius 1 is 1.02 bits per heavy atom. The lowest BCUT2D eigenvalue weighted by molar-refractivity contribution is -0.289. The maximum Gasteiger partial charge on any atom is 0.458 e. The molecule has 3 nitrogen and oxygen atoms in total. The lowest BCUT2D eigenvalue weighted by Crippen LogP contribution is -2.44. The molecule has 1 aromatic heterocycles. The van der Waals surface area contributed by atoms with Crippen LogP contribution in [0.2, 0.25) is 18.1 Å². The lowest BCUT2D eigenvalue weighted by Gasteiger charge is -2.53. The van der Waals surface area contributed by atoms with Gasteiger partial charge < -0.3 is 9.53 Å². The fourth-order valence-electron chi connectivity index (χ4n) is 6.09. The Balaban J connectivity index is 1.96. The number of fused-ring (bicyclic) bond motifs is 1. The van der Waals surface area contributed by atoms with Crippen molar-refractivity contribution in [2.75, 3.05) is 0 Å². The van der Waals surface area contributed by atoms with Crippen molar-refractivity contribution in [3.05, 3.63) is 69.5 Å². The molecule has 9 heteroatoms. The Kier molecular flexibility index (Phi) is 8.92. The van der Waals surface area contributed by atoms with Crippen molar-refractivity contribution in [1.29, 1.82) is 0 Å². The van der Waals surface area contributed by atoms with Gasteiger partial charge in [-0.05, 0) is 68.5 Å². The third-order valence-corrected chi connectivity index (χ3v) is 13.9. The minimum absolute atomic E-state index is 0.0323.